The summed E-state index contributed by atoms with van der Waals surface area (Å²) in [6.07, 6.45) is 9.31. The van der Waals surface area contributed by atoms with Gasteiger partial charge in [-0.3, -0.25) is 0 Å². The summed E-state index contributed by atoms with van der Waals surface area (Å²) in [5, 5.41) is 3.50. The zero-order valence-electron chi connectivity index (χ0n) is 25.1. The Hall–Kier alpha value is -3.93. The van der Waals surface area contributed by atoms with Gasteiger partial charge in [-0.2, -0.15) is 0 Å². The number of nitrogens with one attached hydrogen (secondary N) is 1. The highest BCUT2D eigenvalue weighted by molar-refractivity contribution is 6.07. The van der Waals surface area contributed by atoms with Crippen LogP contribution in [-0.4, -0.2) is 30.5 Å². The summed E-state index contributed by atoms with van der Waals surface area (Å²) < 4.78 is 19.3. The number of anilines is 2. The topological polar surface area (TPSA) is 49.8 Å². The molecule has 6 heteroatoms. The minimum atomic E-state index is -0.225. The zero-order valence-corrected chi connectivity index (χ0v) is 25.1. The third-order valence-corrected chi connectivity index (χ3v) is 7.78. The van der Waals surface area contributed by atoms with E-state index in [1.807, 2.05) is 31.2 Å². The molecule has 1 N–H and O–H groups in total. The van der Waals surface area contributed by atoms with Crippen molar-refractivity contribution in [3.8, 4) is 16.9 Å². The van der Waals surface area contributed by atoms with Gasteiger partial charge in [0.25, 0.3) is 0 Å². The van der Waals surface area contributed by atoms with Gasteiger partial charge in [-0.25, -0.2) is 14.4 Å². The van der Waals surface area contributed by atoms with E-state index in [-0.39, 0.29) is 5.82 Å². The fraction of sp³-hybridized carbons (Fsp3) is 0.371. The van der Waals surface area contributed by atoms with Crippen molar-refractivity contribution in [1.29, 1.82) is 0 Å². The van der Waals surface area contributed by atoms with Crippen LogP contribution in [0, 0.1) is 18.2 Å². The second-order valence-electron chi connectivity index (χ2n) is 11.3. The van der Waals surface area contributed by atoms with Gasteiger partial charge >= 0.3 is 0 Å². The maximum atomic E-state index is 13.2. The number of aryl methyl sites for hydroxylation is 1. The number of halogens is 1. The molecule has 0 amide bonds. The second-order valence-corrected chi connectivity index (χ2v) is 11.3. The van der Waals surface area contributed by atoms with Gasteiger partial charge in [0.2, 0.25) is 0 Å². The summed E-state index contributed by atoms with van der Waals surface area (Å²) in [4.78, 5) is 12.1. The molecular weight excluding hydrogens is 511 g/mol. The van der Waals surface area contributed by atoms with Crippen molar-refractivity contribution >= 4 is 17.3 Å². The van der Waals surface area contributed by atoms with Gasteiger partial charge in [0, 0.05) is 37.0 Å². The molecule has 4 rings (SSSR count). The molecule has 1 aliphatic heterocycles. The van der Waals surface area contributed by atoms with E-state index < -0.39 is 0 Å². The average molecular weight is 555 g/mol. The predicted octanol–water partition coefficient (Wildman–Crippen LogP) is 8.54. The van der Waals surface area contributed by atoms with Crippen LogP contribution in [0.1, 0.15) is 57.4 Å². The number of piperidine rings is 1. The van der Waals surface area contributed by atoms with Crippen molar-refractivity contribution in [1.82, 2.24) is 4.98 Å². The van der Waals surface area contributed by atoms with Crippen LogP contribution in [0.25, 0.3) is 11.1 Å². The molecule has 0 saturated carbocycles. The van der Waals surface area contributed by atoms with Crippen LogP contribution in [0.4, 0.5) is 15.9 Å². The van der Waals surface area contributed by atoms with E-state index in [0.717, 1.165) is 66.3 Å². The number of pyridine rings is 1. The molecule has 2 aromatic carbocycles. The number of benzene rings is 2. The molecule has 216 valence electrons. The van der Waals surface area contributed by atoms with Crippen molar-refractivity contribution < 1.29 is 9.13 Å². The molecule has 2 heterocycles. The number of hydrogen-bond donors (Lipinski definition) is 1. The predicted molar refractivity (Wildman–Crippen MR) is 171 cm³/mol. The number of hydrogen-bond acceptors (Lipinski definition) is 4. The van der Waals surface area contributed by atoms with Crippen LogP contribution < -0.4 is 15.0 Å². The number of aromatic nitrogens is 1. The molecule has 41 heavy (non-hydrogen) atoms. The van der Waals surface area contributed by atoms with E-state index >= 15 is 0 Å². The summed E-state index contributed by atoms with van der Waals surface area (Å²) in [6.45, 7) is 17.3. The first kappa shape index (κ1) is 30.0. The number of aliphatic imine (C=N–C) groups is 1. The lowest BCUT2D eigenvalue weighted by Gasteiger charge is -2.40. The monoisotopic (exact) mass is 554 g/mol. The first-order valence-electron chi connectivity index (χ1n) is 14.6. The summed E-state index contributed by atoms with van der Waals surface area (Å²) in [6, 6.07) is 14.8. The highest BCUT2D eigenvalue weighted by Gasteiger charge is 2.30. The van der Waals surface area contributed by atoms with Crippen LogP contribution in [0.2, 0.25) is 0 Å². The van der Waals surface area contributed by atoms with Gasteiger partial charge in [0.15, 0.2) is 0 Å². The summed E-state index contributed by atoms with van der Waals surface area (Å²) in [5.74, 6) is 2.04. The van der Waals surface area contributed by atoms with Gasteiger partial charge in [-0.1, -0.05) is 57.7 Å². The Morgan fingerprint density at radius 3 is 2.41 bits per heavy atom. The smallest absolute Gasteiger partial charge is 0.141 e. The molecule has 5 nitrogen and oxygen atoms in total. The van der Waals surface area contributed by atoms with Crippen LogP contribution in [0.5, 0.6) is 5.75 Å². The first-order chi connectivity index (χ1) is 19.7. The van der Waals surface area contributed by atoms with Gasteiger partial charge in [0.05, 0.1) is 12.3 Å². The molecule has 0 atom stereocenters. The van der Waals surface area contributed by atoms with Gasteiger partial charge in [-0.15, -0.1) is 0 Å². The molecule has 0 bridgehead atoms. The maximum absolute atomic E-state index is 13.2. The van der Waals surface area contributed by atoms with E-state index in [4.69, 9.17) is 9.72 Å². The average Bonchev–Trinajstić information content (AvgIpc) is 2.95. The fourth-order valence-corrected chi connectivity index (χ4v) is 5.35. The maximum Gasteiger partial charge on any atom is 0.141 e. The van der Waals surface area contributed by atoms with Crippen LogP contribution in [0.15, 0.2) is 78.5 Å². The van der Waals surface area contributed by atoms with Crippen molar-refractivity contribution in [2.45, 2.75) is 60.3 Å². The molecule has 0 radical (unpaired) electrons. The lowest BCUT2D eigenvalue weighted by Crippen LogP contribution is -2.38. The fourth-order valence-electron chi connectivity index (χ4n) is 5.35. The van der Waals surface area contributed by atoms with E-state index in [1.165, 1.54) is 23.4 Å². The molecule has 0 unspecified atom stereocenters. The Morgan fingerprint density at radius 1 is 1.12 bits per heavy atom. The Bertz CT molecular complexity index is 1380. The van der Waals surface area contributed by atoms with Gasteiger partial charge in [-0.05, 0) is 85.6 Å². The Balaban J connectivity index is 1.71. The van der Waals surface area contributed by atoms with E-state index in [1.54, 1.807) is 18.3 Å². The highest BCUT2D eigenvalue weighted by Crippen LogP contribution is 2.43. The SMILES string of the molecule is C=CN=C(/C=C\C)Nc1nc(C)c(CC)c(N2CCC(C)(C)CC2)c1-c1ccc(OCCc2ccc(F)cc2)cc1. The lowest BCUT2D eigenvalue weighted by atomic mass is 9.82. The summed E-state index contributed by atoms with van der Waals surface area (Å²) in [7, 11) is 0. The standard InChI is InChI=1S/C35H43FN4O/c1-7-10-31(37-9-3)39-34-32(33(30(8-2)25(4)38-34)40-22-20-35(5,6)21-23-40)27-13-17-29(18-14-27)41-24-19-26-11-15-28(36)16-12-26/h7,9-18H,3,8,19-24H2,1-2,4-6H3,(H,37,38,39)/b10-7-. The molecule has 1 fully saturated rings. The highest BCUT2D eigenvalue weighted by atomic mass is 19.1. The number of amidine groups is 1. The van der Waals surface area contributed by atoms with Crippen LogP contribution in [-0.2, 0) is 12.8 Å². The van der Waals surface area contributed by atoms with Crippen molar-refractivity contribution in [3.63, 3.8) is 0 Å². The number of rotatable bonds is 10. The van der Waals surface area contributed by atoms with E-state index in [0.29, 0.717) is 24.3 Å². The molecule has 0 aliphatic carbocycles. The minimum Gasteiger partial charge on any atom is -0.493 e. The molecule has 1 aliphatic rings. The molecule has 1 aromatic heterocycles. The lowest BCUT2D eigenvalue weighted by molar-refractivity contribution is 0.279. The molecule has 1 saturated heterocycles. The Kier molecular flexibility index (Phi) is 9.98. The van der Waals surface area contributed by atoms with Crippen LogP contribution >= 0.6 is 0 Å². The number of allylic oxidation sites excluding steroid dienone is 1. The minimum absolute atomic E-state index is 0.225. The zero-order chi connectivity index (χ0) is 29.4. The summed E-state index contributed by atoms with van der Waals surface area (Å²) >= 11 is 0. The van der Waals surface area contributed by atoms with Crippen molar-refractivity contribution in [2.24, 2.45) is 10.4 Å². The Labute approximate surface area is 244 Å². The van der Waals surface area contributed by atoms with Gasteiger partial charge in [0.1, 0.15) is 23.2 Å². The Morgan fingerprint density at radius 2 is 1.80 bits per heavy atom. The largest absolute Gasteiger partial charge is 0.493 e. The van der Waals surface area contributed by atoms with Gasteiger partial charge < -0.3 is 15.0 Å². The molecule has 3 aromatic rings. The summed E-state index contributed by atoms with van der Waals surface area (Å²) in [5.41, 5.74) is 7.08. The molecular formula is C35H43FN4O. The third kappa shape index (κ3) is 7.63. The number of nitrogens with zero attached hydrogens (tertiary/aromatic N) is 3. The van der Waals surface area contributed by atoms with Crippen molar-refractivity contribution in [2.75, 3.05) is 29.9 Å². The normalized spacial score (nSPS) is 15.3. The quantitative estimate of drug-likeness (QED) is 0.202. The molecule has 0 spiro atoms. The first-order valence-corrected chi connectivity index (χ1v) is 14.6. The third-order valence-electron chi connectivity index (χ3n) is 7.78. The second kappa shape index (κ2) is 13.6. The van der Waals surface area contributed by atoms with Crippen LogP contribution in [0.3, 0.4) is 0 Å². The number of ether oxygens (including phenoxy) is 1. The van der Waals surface area contributed by atoms with E-state index in [2.05, 4.69) is 61.6 Å². The van der Waals surface area contributed by atoms with Crippen molar-refractivity contribution in [3.05, 3.63) is 96.1 Å². The van der Waals surface area contributed by atoms with E-state index in [9.17, 15) is 4.39 Å².